The Morgan fingerprint density at radius 2 is 1.59 bits per heavy atom. The number of benzene rings is 2. The fraction of sp³-hybridized carbons (Fsp3) is 0.368. The Morgan fingerprint density at radius 1 is 0.963 bits per heavy atom. The number of phenols is 1. The molecule has 27 heavy (non-hydrogen) atoms. The Bertz CT molecular complexity index is 795. The van der Waals surface area contributed by atoms with Crippen LogP contribution in [0.5, 0.6) is 5.75 Å². The van der Waals surface area contributed by atoms with E-state index in [9.17, 15) is 30.6 Å². The number of hydrogen-bond acceptors (Lipinski definition) is 7. The zero-order valence-corrected chi connectivity index (χ0v) is 15.0. The van der Waals surface area contributed by atoms with Gasteiger partial charge >= 0.3 is 0 Å². The topological polar surface area (TPSA) is 131 Å². The molecule has 0 amide bonds. The lowest BCUT2D eigenvalue weighted by Gasteiger charge is -2.45. The van der Waals surface area contributed by atoms with Gasteiger partial charge < -0.3 is 35.4 Å². The normalized spacial score (nSPS) is 31.0. The number of ether oxygens (including phenoxy) is 1. The van der Waals surface area contributed by atoms with Gasteiger partial charge in [-0.1, -0.05) is 29.8 Å². The van der Waals surface area contributed by atoms with Crippen molar-refractivity contribution in [3.63, 3.8) is 0 Å². The van der Waals surface area contributed by atoms with Crippen LogP contribution in [-0.2, 0) is 16.9 Å². The van der Waals surface area contributed by atoms with E-state index in [4.69, 9.17) is 16.3 Å². The molecule has 7 nitrogen and oxygen atoms in total. The first-order chi connectivity index (χ1) is 12.8. The molecule has 1 saturated heterocycles. The summed E-state index contributed by atoms with van der Waals surface area (Å²) in [6.07, 6.45) is -6.20. The Morgan fingerprint density at radius 3 is 2.22 bits per heavy atom. The van der Waals surface area contributed by atoms with Crippen LogP contribution in [0, 0.1) is 0 Å². The van der Waals surface area contributed by atoms with Crippen LogP contribution in [0.25, 0.3) is 0 Å². The van der Waals surface area contributed by atoms with Crippen molar-refractivity contribution in [3.05, 3.63) is 64.2 Å². The molecule has 1 heterocycles. The molecule has 146 valence electrons. The predicted octanol–water partition coefficient (Wildman–Crippen LogP) is 0.255. The van der Waals surface area contributed by atoms with Crippen molar-refractivity contribution >= 4 is 11.6 Å². The zero-order valence-electron chi connectivity index (χ0n) is 14.2. The van der Waals surface area contributed by atoms with Gasteiger partial charge in [-0.2, -0.15) is 0 Å². The van der Waals surface area contributed by atoms with E-state index < -0.39 is 36.8 Å². The van der Waals surface area contributed by atoms with Gasteiger partial charge in [0.1, 0.15) is 30.2 Å². The van der Waals surface area contributed by atoms with E-state index in [0.717, 1.165) is 5.56 Å². The van der Waals surface area contributed by atoms with Crippen molar-refractivity contribution in [3.8, 4) is 5.75 Å². The maximum atomic E-state index is 10.9. The van der Waals surface area contributed by atoms with Crippen molar-refractivity contribution in [2.45, 2.75) is 36.6 Å². The van der Waals surface area contributed by atoms with E-state index in [1.54, 1.807) is 18.2 Å². The minimum Gasteiger partial charge on any atom is -0.507 e. The molecule has 6 N–H and O–H groups in total. The van der Waals surface area contributed by atoms with Crippen LogP contribution in [0.1, 0.15) is 16.7 Å². The summed E-state index contributed by atoms with van der Waals surface area (Å²) in [5, 5.41) is 61.2. The van der Waals surface area contributed by atoms with Crippen molar-refractivity contribution < 1.29 is 35.4 Å². The van der Waals surface area contributed by atoms with Gasteiger partial charge in [0.25, 0.3) is 0 Å². The lowest BCUT2D eigenvalue weighted by atomic mass is 9.86. The number of rotatable bonds is 4. The first kappa shape index (κ1) is 20.0. The van der Waals surface area contributed by atoms with Crippen LogP contribution < -0.4 is 0 Å². The van der Waals surface area contributed by atoms with Gasteiger partial charge in [-0.15, -0.1) is 0 Å². The number of halogens is 1. The maximum absolute atomic E-state index is 10.9. The molecule has 1 unspecified atom stereocenters. The van der Waals surface area contributed by atoms with Gasteiger partial charge in [0, 0.05) is 5.02 Å². The fourth-order valence-corrected chi connectivity index (χ4v) is 3.32. The first-order valence-electron chi connectivity index (χ1n) is 8.38. The van der Waals surface area contributed by atoms with Crippen LogP contribution >= 0.6 is 11.6 Å². The molecule has 2 aromatic rings. The summed E-state index contributed by atoms with van der Waals surface area (Å²) in [5.41, 5.74) is 1.44. The zero-order chi connectivity index (χ0) is 19.8. The highest BCUT2D eigenvalue weighted by molar-refractivity contribution is 6.30. The van der Waals surface area contributed by atoms with Crippen molar-refractivity contribution in [1.29, 1.82) is 0 Å². The second-order valence-electron chi connectivity index (χ2n) is 6.62. The molecule has 8 heteroatoms. The quantitative estimate of drug-likeness (QED) is 0.437. The number of phenolic OH excluding ortho intramolecular Hbond substituents is 1. The molecule has 0 spiro atoms. The summed E-state index contributed by atoms with van der Waals surface area (Å²) >= 11 is 5.87. The Balaban J connectivity index is 1.96. The maximum Gasteiger partial charge on any atom is 0.226 e. The minimum atomic E-state index is -2.51. The standard InChI is InChI=1S/C19H21ClO7/c20-12-4-1-10(2-5-12)7-11-3-6-14(22)13(8-11)19(26)18(25)17(24)16(23)15(9-21)27-19/h1-6,8,15-18,21-26H,7,9H2/t15?,16-,17+,18-,19+/m1/s1. The molecule has 0 radical (unpaired) electrons. The van der Waals surface area contributed by atoms with Crippen LogP contribution in [-0.4, -0.2) is 61.7 Å². The number of hydrogen-bond donors (Lipinski definition) is 6. The molecule has 1 aliphatic heterocycles. The lowest BCUT2D eigenvalue weighted by molar-refractivity contribution is -0.358. The number of aliphatic hydroxyl groups is 5. The van der Waals surface area contributed by atoms with Crippen molar-refractivity contribution in [2.24, 2.45) is 0 Å². The third-order valence-electron chi connectivity index (χ3n) is 4.73. The summed E-state index contributed by atoms with van der Waals surface area (Å²) in [4.78, 5) is 0. The van der Waals surface area contributed by atoms with E-state index in [-0.39, 0.29) is 11.3 Å². The summed E-state index contributed by atoms with van der Waals surface area (Å²) < 4.78 is 5.27. The second kappa shape index (κ2) is 7.73. The summed E-state index contributed by atoms with van der Waals surface area (Å²) in [6, 6.07) is 11.5. The van der Waals surface area contributed by atoms with Gasteiger partial charge in [0.05, 0.1) is 12.2 Å². The summed E-state index contributed by atoms with van der Waals surface area (Å²) in [6.45, 7) is -0.696. The van der Waals surface area contributed by atoms with Crippen molar-refractivity contribution in [1.82, 2.24) is 0 Å². The van der Waals surface area contributed by atoms with Gasteiger partial charge in [-0.3, -0.25) is 0 Å². The molecule has 0 aliphatic carbocycles. The predicted molar refractivity (Wildman–Crippen MR) is 96.2 cm³/mol. The molecule has 0 saturated carbocycles. The third-order valence-corrected chi connectivity index (χ3v) is 4.99. The monoisotopic (exact) mass is 396 g/mol. The molecule has 0 bridgehead atoms. The Labute approximate surface area is 160 Å². The first-order valence-corrected chi connectivity index (χ1v) is 8.76. The molecule has 3 rings (SSSR count). The molecule has 5 atom stereocenters. The van der Waals surface area contributed by atoms with E-state index in [0.29, 0.717) is 17.0 Å². The minimum absolute atomic E-state index is 0.175. The highest BCUT2D eigenvalue weighted by Crippen LogP contribution is 2.40. The lowest BCUT2D eigenvalue weighted by Crippen LogP contribution is -2.63. The Kier molecular flexibility index (Phi) is 5.73. The average molecular weight is 397 g/mol. The fourth-order valence-electron chi connectivity index (χ4n) is 3.19. The molecule has 2 aromatic carbocycles. The Hall–Kier alpha value is -1.71. The van der Waals surface area contributed by atoms with E-state index >= 15 is 0 Å². The third kappa shape index (κ3) is 3.81. The van der Waals surface area contributed by atoms with E-state index in [2.05, 4.69) is 0 Å². The largest absolute Gasteiger partial charge is 0.507 e. The highest BCUT2D eigenvalue weighted by atomic mass is 35.5. The molecule has 1 fully saturated rings. The van der Waals surface area contributed by atoms with E-state index in [1.165, 1.54) is 12.1 Å². The smallest absolute Gasteiger partial charge is 0.226 e. The number of aliphatic hydroxyl groups excluding tert-OH is 4. The van der Waals surface area contributed by atoms with Crippen molar-refractivity contribution in [2.75, 3.05) is 6.61 Å². The molecule has 0 aromatic heterocycles. The molecular weight excluding hydrogens is 376 g/mol. The highest BCUT2D eigenvalue weighted by Gasteiger charge is 2.54. The SMILES string of the molecule is OCC1O[C@@](O)(c2cc(Cc3ccc(Cl)cc3)ccc2O)[C@H](O)[C@@H](O)[C@@H]1O. The van der Waals surface area contributed by atoms with Gasteiger partial charge in [0.15, 0.2) is 0 Å². The van der Waals surface area contributed by atoms with E-state index in [1.807, 2.05) is 12.1 Å². The summed E-state index contributed by atoms with van der Waals surface area (Å²) in [5.74, 6) is -2.87. The summed E-state index contributed by atoms with van der Waals surface area (Å²) in [7, 11) is 0. The average Bonchev–Trinajstić information content (AvgIpc) is 2.66. The van der Waals surface area contributed by atoms with Gasteiger partial charge in [-0.05, 0) is 41.8 Å². The van der Waals surface area contributed by atoms with Crippen LogP contribution in [0.4, 0.5) is 0 Å². The van der Waals surface area contributed by atoms with Gasteiger partial charge in [-0.25, -0.2) is 0 Å². The number of aromatic hydroxyl groups is 1. The van der Waals surface area contributed by atoms with Gasteiger partial charge in [0.2, 0.25) is 5.79 Å². The van der Waals surface area contributed by atoms with Crippen LogP contribution in [0.2, 0.25) is 5.02 Å². The van der Waals surface area contributed by atoms with Crippen LogP contribution in [0.3, 0.4) is 0 Å². The molecular formula is C19H21ClO7. The van der Waals surface area contributed by atoms with Crippen LogP contribution in [0.15, 0.2) is 42.5 Å². The second-order valence-corrected chi connectivity index (χ2v) is 7.05. The molecule has 1 aliphatic rings.